The number of hydrogen-bond acceptors (Lipinski definition) is 2. The van der Waals surface area contributed by atoms with E-state index in [0.29, 0.717) is 18.4 Å². The molecule has 0 spiro atoms. The van der Waals surface area contributed by atoms with Gasteiger partial charge < -0.3 is 4.23 Å². The molecule has 1 aromatic rings. The number of pyridine rings is 1. The number of aromatic nitrogens is 1. The predicted octanol–water partition coefficient (Wildman–Crippen LogP) is -0.707. The summed E-state index contributed by atoms with van der Waals surface area (Å²) in [5, 5.41) is 0. The molecule has 10 radical (unpaired) electrons. The van der Waals surface area contributed by atoms with Gasteiger partial charge in [0.2, 0.25) is 0 Å². The van der Waals surface area contributed by atoms with Crippen LogP contribution in [-0.4, -0.2) is 42.9 Å². The average molecular weight is 204 g/mol. The Bertz CT molecular complexity index is 201. The topological polar surface area (TPSA) is 16.1 Å². The lowest BCUT2D eigenvalue weighted by Crippen LogP contribution is -2.32. The van der Waals surface area contributed by atoms with Gasteiger partial charge in [-0.25, -0.2) is 4.98 Å². The van der Waals surface area contributed by atoms with Crippen molar-refractivity contribution in [1.29, 1.82) is 0 Å². The van der Waals surface area contributed by atoms with Crippen molar-refractivity contribution in [3.05, 3.63) is 24.4 Å². The fraction of sp³-hybridized carbons (Fsp3) is 0. The molecule has 0 bridgehead atoms. The minimum Gasteiger partial charge on any atom is -0.417 e. The maximum Gasteiger partial charge on any atom is 0.145 e. The van der Waals surface area contributed by atoms with Gasteiger partial charge in [-0.3, -0.25) is 0 Å². The third-order valence-electron chi connectivity index (χ3n) is 1.10. The number of hydrogen-bond donors (Lipinski definition) is 0. The Morgan fingerprint density at radius 1 is 1.27 bits per heavy atom. The van der Waals surface area contributed by atoms with E-state index in [1.807, 2.05) is 18.2 Å². The van der Waals surface area contributed by atoms with Crippen LogP contribution in [0, 0.1) is 0 Å². The van der Waals surface area contributed by atoms with E-state index < -0.39 is 0 Å². The second-order valence-electron chi connectivity index (χ2n) is 1.75. The van der Waals surface area contributed by atoms with Gasteiger partial charge in [-0.2, -0.15) is 0 Å². The first kappa shape index (κ1) is 8.91. The van der Waals surface area contributed by atoms with E-state index in [1.54, 1.807) is 6.20 Å². The van der Waals surface area contributed by atoms with Gasteiger partial charge in [-0.1, -0.05) is 6.07 Å². The monoisotopic (exact) mass is 204 g/mol. The third kappa shape index (κ3) is 2.40. The summed E-state index contributed by atoms with van der Waals surface area (Å²) in [6.07, 6.45) is 1.79. The van der Waals surface area contributed by atoms with Crippen LogP contribution in [0.5, 0.6) is 0 Å². The Balaban J connectivity index is 2.74. The van der Waals surface area contributed by atoms with Crippen molar-refractivity contribution in [3.63, 3.8) is 0 Å². The van der Waals surface area contributed by atoms with Crippen molar-refractivity contribution < 1.29 is 0 Å². The molecule has 0 saturated heterocycles. The quantitative estimate of drug-likeness (QED) is 0.605. The molecule has 11 heavy (non-hydrogen) atoms. The molecule has 0 fully saturated rings. The van der Waals surface area contributed by atoms with Crippen molar-refractivity contribution in [2.45, 2.75) is 0 Å². The molecule has 0 aromatic carbocycles. The zero-order chi connectivity index (χ0) is 8.10. The van der Waals surface area contributed by atoms with Crippen LogP contribution < -0.4 is 4.23 Å². The van der Waals surface area contributed by atoms with E-state index >= 15 is 0 Å². The van der Waals surface area contributed by atoms with E-state index in [9.17, 15) is 0 Å². The lowest BCUT2D eigenvalue weighted by Gasteiger charge is -2.17. The maximum atomic E-state index is 4.20. The molecule has 1 rings (SSSR count). The second kappa shape index (κ2) is 4.65. The van der Waals surface area contributed by atoms with Gasteiger partial charge in [0, 0.05) is 25.7 Å². The molecule has 0 aliphatic rings. The molecule has 0 aliphatic heterocycles. The molecular formula is C5H4N2Si4. The summed E-state index contributed by atoms with van der Waals surface area (Å²) < 4.78 is 2.10. The summed E-state index contributed by atoms with van der Waals surface area (Å²) in [4.78, 5) is 4.20. The lowest BCUT2D eigenvalue weighted by atomic mass is 10.5. The Morgan fingerprint density at radius 3 is 2.45 bits per heavy atom. The highest BCUT2D eigenvalue weighted by molar-refractivity contribution is 7.05. The molecule has 0 amide bonds. The van der Waals surface area contributed by atoms with Gasteiger partial charge in [0.15, 0.2) is 0 Å². The van der Waals surface area contributed by atoms with E-state index in [-0.39, 0.29) is 0 Å². The normalized spacial score (nSPS) is 9.64. The fourth-order valence-corrected chi connectivity index (χ4v) is 4.05. The van der Waals surface area contributed by atoms with Crippen molar-refractivity contribution in [2.75, 3.05) is 4.23 Å². The van der Waals surface area contributed by atoms with Crippen molar-refractivity contribution >= 4 is 43.7 Å². The summed E-state index contributed by atoms with van der Waals surface area (Å²) in [5.41, 5.74) is 0. The zero-order valence-electron chi connectivity index (χ0n) is 5.70. The fourth-order valence-electron chi connectivity index (χ4n) is 0.629. The van der Waals surface area contributed by atoms with Crippen LogP contribution in [0.3, 0.4) is 0 Å². The SMILES string of the molecule is [Si][Si]N([Si][Si])c1ccccn1. The smallest absolute Gasteiger partial charge is 0.145 e. The highest BCUT2D eigenvalue weighted by Crippen LogP contribution is 2.03. The van der Waals surface area contributed by atoms with Crippen LogP contribution in [0.15, 0.2) is 24.4 Å². The molecule has 0 N–H and O–H groups in total. The van der Waals surface area contributed by atoms with Gasteiger partial charge in [-0.05, 0) is 12.1 Å². The Morgan fingerprint density at radius 2 is 2.00 bits per heavy atom. The maximum absolute atomic E-state index is 4.20. The third-order valence-corrected chi connectivity index (χ3v) is 5.36. The number of rotatable bonds is 3. The lowest BCUT2D eigenvalue weighted by molar-refractivity contribution is 1.29. The van der Waals surface area contributed by atoms with Crippen LogP contribution in [0.25, 0.3) is 0 Å². The zero-order valence-corrected chi connectivity index (χ0v) is 9.70. The van der Waals surface area contributed by atoms with E-state index in [4.69, 9.17) is 0 Å². The van der Waals surface area contributed by atoms with Gasteiger partial charge in [0.25, 0.3) is 0 Å². The van der Waals surface area contributed by atoms with Crippen molar-refractivity contribution in [3.8, 4) is 0 Å². The van der Waals surface area contributed by atoms with Crippen LogP contribution in [0.2, 0.25) is 0 Å². The molecule has 0 unspecified atom stereocenters. The summed E-state index contributed by atoms with van der Waals surface area (Å²) in [5.74, 6) is 0.995. The molecule has 0 aliphatic carbocycles. The van der Waals surface area contributed by atoms with Gasteiger partial charge in [0.05, 0.1) is 0 Å². The first-order valence-corrected chi connectivity index (χ1v) is 7.84. The Kier molecular flexibility index (Phi) is 3.76. The van der Waals surface area contributed by atoms with Crippen LogP contribution in [0.1, 0.15) is 0 Å². The van der Waals surface area contributed by atoms with E-state index in [2.05, 4.69) is 28.7 Å². The molecule has 0 atom stereocenters. The first-order valence-electron chi connectivity index (χ1n) is 2.94. The minimum absolute atomic E-state index is 0.566. The minimum atomic E-state index is 0.566. The second-order valence-corrected chi connectivity index (χ2v) is 4.88. The highest BCUT2D eigenvalue weighted by atomic mass is 29.2. The molecule has 1 aromatic heterocycles. The summed E-state index contributed by atoms with van der Waals surface area (Å²) in [6.45, 7) is 0. The van der Waals surface area contributed by atoms with E-state index in [1.165, 1.54) is 0 Å². The van der Waals surface area contributed by atoms with Crippen LogP contribution >= 0.6 is 0 Å². The average Bonchev–Trinajstić information content (AvgIpc) is 2.09. The summed E-state index contributed by atoms with van der Waals surface area (Å²) in [7, 11) is 8.03. The molecule has 6 heteroatoms. The van der Waals surface area contributed by atoms with Crippen LogP contribution in [-0.2, 0) is 0 Å². The van der Waals surface area contributed by atoms with E-state index in [0.717, 1.165) is 5.82 Å². The van der Waals surface area contributed by atoms with Gasteiger partial charge in [-0.15, -0.1) is 0 Å². The highest BCUT2D eigenvalue weighted by Gasteiger charge is 2.01. The molecule has 0 saturated carbocycles. The molecule has 1 heterocycles. The largest absolute Gasteiger partial charge is 0.417 e. The van der Waals surface area contributed by atoms with Crippen molar-refractivity contribution in [1.82, 2.24) is 4.98 Å². The standard InChI is InChI=1S/C5H4N2Si4/c8-10-7(11-9)5-3-1-2-4-6-5/h1-4H. The molecule has 2 nitrogen and oxygen atoms in total. The predicted molar refractivity (Wildman–Crippen MR) is 49.7 cm³/mol. The Hall–Kier alpha value is -0.182. The summed E-state index contributed by atoms with van der Waals surface area (Å²) in [6, 6.07) is 5.88. The molecular weight excluding hydrogens is 200 g/mol. The summed E-state index contributed by atoms with van der Waals surface area (Å²) >= 11 is 0. The van der Waals surface area contributed by atoms with Gasteiger partial charge >= 0.3 is 0 Å². The van der Waals surface area contributed by atoms with Crippen molar-refractivity contribution in [2.24, 2.45) is 0 Å². The Labute approximate surface area is 77.6 Å². The number of nitrogens with zero attached hydrogens (tertiary/aromatic N) is 2. The van der Waals surface area contributed by atoms with Gasteiger partial charge in [0.1, 0.15) is 24.2 Å². The first-order chi connectivity index (χ1) is 5.38. The van der Waals surface area contributed by atoms with Crippen LogP contribution in [0.4, 0.5) is 5.82 Å². The number of anilines is 1. The molecule has 50 valence electrons.